The van der Waals surface area contributed by atoms with Gasteiger partial charge in [0.15, 0.2) is 0 Å². The Kier molecular flexibility index (Phi) is 6.78. The Balaban J connectivity index is 0.00000180. The zero-order valence-electron chi connectivity index (χ0n) is 11.0. The lowest BCUT2D eigenvalue weighted by Gasteiger charge is -2.09. The summed E-state index contributed by atoms with van der Waals surface area (Å²) in [6, 6.07) is 16.6. The standard InChI is InChI=1S/C15H17NOS.ClH/c1-16-11-12-5-3-4-6-15(12)18-14-9-7-13(17-2)8-10-14;/h3-10,16H,11H2,1-2H3;1H/p-1. The fourth-order valence-corrected chi connectivity index (χ4v) is 2.65. The molecule has 0 aliphatic carbocycles. The lowest BCUT2D eigenvalue weighted by Crippen LogP contribution is -3.00. The Morgan fingerprint density at radius 1 is 1.05 bits per heavy atom. The summed E-state index contributed by atoms with van der Waals surface area (Å²) in [5.41, 5.74) is 1.32. The first-order chi connectivity index (χ1) is 8.83. The summed E-state index contributed by atoms with van der Waals surface area (Å²) in [5.74, 6) is 0.892. The van der Waals surface area contributed by atoms with Crippen LogP contribution in [0, 0.1) is 0 Å². The smallest absolute Gasteiger partial charge is 0.118 e. The molecule has 4 heteroatoms. The molecule has 0 unspecified atom stereocenters. The van der Waals surface area contributed by atoms with Crippen molar-refractivity contribution in [3.8, 4) is 5.75 Å². The molecule has 0 bridgehead atoms. The lowest BCUT2D eigenvalue weighted by molar-refractivity contribution is -0.00000398. The zero-order chi connectivity index (χ0) is 12.8. The SMILES string of the molecule is CNCc1ccccc1Sc1ccc(OC)cc1.[Cl-]. The third-order valence-corrected chi connectivity index (χ3v) is 3.75. The van der Waals surface area contributed by atoms with Crippen molar-refractivity contribution in [1.82, 2.24) is 5.32 Å². The van der Waals surface area contributed by atoms with Crippen LogP contribution in [0.3, 0.4) is 0 Å². The molecular weight excluding hydrogens is 278 g/mol. The number of ether oxygens (including phenoxy) is 1. The summed E-state index contributed by atoms with van der Waals surface area (Å²) in [5, 5.41) is 3.20. The van der Waals surface area contributed by atoms with E-state index in [-0.39, 0.29) is 12.4 Å². The Morgan fingerprint density at radius 2 is 1.74 bits per heavy atom. The number of rotatable bonds is 5. The highest BCUT2D eigenvalue weighted by Crippen LogP contribution is 2.31. The Bertz CT molecular complexity index is 502. The number of nitrogens with one attached hydrogen (secondary N) is 1. The van der Waals surface area contributed by atoms with Crippen molar-refractivity contribution in [3.05, 3.63) is 54.1 Å². The third kappa shape index (κ3) is 4.46. The van der Waals surface area contributed by atoms with Crippen molar-refractivity contribution in [1.29, 1.82) is 0 Å². The molecule has 1 N–H and O–H groups in total. The average Bonchev–Trinajstić information content (AvgIpc) is 2.42. The zero-order valence-corrected chi connectivity index (χ0v) is 12.6. The van der Waals surface area contributed by atoms with E-state index in [0.29, 0.717) is 0 Å². The molecule has 0 radical (unpaired) electrons. The summed E-state index contributed by atoms with van der Waals surface area (Å²) in [6.07, 6.45) is 0. The molecule has 2 aromatic carbocycles. The Morgan fingerprint density at radius 3 is 2.37 bits per heavy atom. The third-order valence-electron chi connectivity index (χ3n) is 2.63. The van der Waals surface area contributed by atoms with Crippen LogP contribution in [0.25, 0.3) is 0 Å². The fourth-order valence-electron chi connectivity index (χ4n) is 1.71. The molecule has 2 aromatic rings. The minimum atomic E-state index is 0. The number of hydrogen-bond donors (Lipinski definition) is 1. The van der Waals surface area contributed by atoms with E-state index in [0.717, 1.165) is 12.3 Å². The van der Waals surface area contributed by atoms with Crippen LogP contribution in [0.5, 0.6) is 5.75 Å². The molecule has 2 nitrogen and oxygen atoms in total. The predicted molar refractivity (Wildman–Crippen MR) is 76.3 cm³/mol. The van der Waals surface area contributed by atoms with Gasteiger partial charge in [0, 0.05) is 16.3 Å². The maximum absolute atomic E-state index is 5.16. The normalized spacial score (nSPS) is 9.79. The highest BCUT2D eigenvalue weighted by molar-refractivity contribution is 7.99. The van der Waals surface area contributed by atoms with Crippen molar-refractivity contribution in [2.45, 2.75) is 16.3 Å². The van der Waals surface area contributed by atoms with Gasteiger partial charge in [0.05, 0.1) is 7.11 Å². The maximum Gasteiger partial charge on any atom is 0.118 e. The van der Waals surface area contributed by atoms with Crippen LogP contribution >= 0.6 is 11.8 Å². The van der Waals surface area contributed by atoms with Crippen LogP contribution in [-0.2, 0) is 6.54 Å². The summed E-state index contributed by atoms with van der Waals surface area (Å²) >= 11 is 1.78. The van der Waals surface area contributed by atoms with Crippen LogP contribution in [0.1, 0.15) is 5.56 Å². The first kappa shape index (κ1) is 15.9. The minimum Gasteiger partial charge on any atom is -1.00 e. The van der Waals surface area contributed by atoms with Gasteiger partial charge >= 0.3 is 0 Å². The molecule has 0 amide bonds. The Labute approximate surface area is 125 Å². The summed E-state index contributed by atoms with van der Waals surface area (Å²) in [6.45, 7) is 0.888. The van der Waals surface area contributed by atoms with E-state index < -0.39 is 0 Å². The van der Waals surface area contributed by atoms with Crippen LogP contribution < -0.4 is 22.5 Å². The molecule has 0 aliphatic heterocycles. The van der Waals surface area contributed by atoms with Crippen molar-refractivity contribution < 1.29 is 17.1 Å². The molecule has 2 rings (SSSR count). The van der Waals surface area contributed by atoms with E-state index in [9.17, 15) is 0 Å². The first-order valence-electron chi connectivity index (χ1n) is 5.88. The molecule has 0 fully saturated rings. The second-order valence-corrected chi connectivity index (χ2v) is 5.03. The monoisotopic (exact) mass is 294 g/mol. The molecule has 0 saturated carbocycles. The van der Waals surface area contributed by atoms with Crippen LogP contribution in [0.2, 0.25) is 0 Å². The van der Waals surface area contributed by atoms with Crippen molar-refractivity contribution in [3.63, 3.8) is 0 Å². The van der Waals surface area contributed by atoms with E-state index >= 15 is 0 Å². The minimum absolute atomic E-state index is 0. The van der Waals surface area contributed by atoms with Gasteiger partial charge in [0.25, 0.3) is 0 Å². The molecule has 0 saturated heterocycles. The quantitative estimate of drug-likeness (QED) is 0.871. The highest BCUT2D eigenvalue weighted by Gasteiger charge is 2.03. The van der Waals surface area contributed by atoms with Gasteiger partial charge in [0.2, 0.25) is 0 Å². The van der Waals surface area contributed by atoms with Crippen molar-refractivity contribution >= 4 is 11.8 Å². The van der Waals surface area contributed by atoms with Gasteiger partial charge in [-0.3, -0.25) is 0 Å². The molecular formula is C15H17ClNOS-. The number of halogens is 1. The van der Waals surface area contributed by atoms with Gasteiger partial charge in [-0.05, 0) is 42.9 Å². The lowest BCUT2D eigenvalue weighted by atomic mass is 10.2. The molecule has 0 heterocycles. The predicted octanol–water partition coefficient (Wildman–Crippen LogP) is 0.570. The molecule has 0 spiro atoms. The van der Waals surface area contributed by atoms with Gasteiger partial charge in [-0.2, -0.15) is 0 Å². The van der Waals surface area contributed by atoms with Gasteiger partial charge in [-0.1, -0.05) is 30.0 Å². The number of hydrogen-bond acceptors (Lipinski definition) is 3. The van der Waals surface area contributed by atoms with Gasteiger partial charge < -0.3 is 22.5 Å². The molecule has 0 aliphatic rings. The fraction of sp³-hybridized carbons (Fsp3) is 0.200. The van der Waals surface area contributed by atoms with Gasteiger partial charge in [0.1, 0.15) is 5.75 Å². The second-order valence-electron chi connectivity index (χ2n) is 3.92. The van der Waals surface area contributed by atoms with Crippen LogP contribution in [0.4, 0.5) is 0 Å². The van der Waals surface area contributed by atoms with E-state index in [2.05, 4.69) is 41.7 Å². The second kappa shape index (κ2) is 8.10. The summed E-state index contributed by atoms with van der Waals surface area (Å²) < 4.78 is 5.16. The largest absolute Gasteiger partial charge is 1.00 e. The topological polar surface area (TPSA) is 21.3 Å². The number of benzene rings is 2. The van der Waals surface area contributed by atoms with Gasteiger partial charge in [-0.15, -0.1) is 0 Å². The van der Waals surface area contributed by atoms with E-state index in [1.165, 1.54) is 15.4 Å². The highest BCUT2D eigenvalue weighted by atomic mass is 35.5. The summed E-state index contributed by atoms with van der Waals surface area (Å²) in [4.78, 5) is 2.51. The molecule has 0 aromatic heterocycles. The van der Waals surface area contributed by atoms with Crippen LogP contribution in [0.15, 0.2) is 58.3 Å². The average molecular weight is 295 g/mol. The summed E-state index contributed by atoms with van der Waals surface area (Å²) in [7, 11) is 3.65. The van der Waals surface area contributed by atoms with Crippen molar-refractivity contribution in [2.75, 3.05) is 14.2 Å². The first-order valence-corrected chi connectivity index (χ1v) is 6.69. The molecule has 102 valence electrons. The van der Waals surface area contributed by atoms with E-state index in [1.807, 2.05) is 19.2 Å². The van der Waals surface area contributed by atoms with Crippen LogP contribution in [-0.4, -0.2) is 14.2 Å². The number of methoxy groups -OCH3 is 1. The molecule has 19 heavy (non-hydrogen) atoms. The van der Waals surface area contributed by atoms with E-state index in [1.54, 1.807) is 18.9 Å². The van der Waals surface area contributed by atoms with E-state index in [4.69, 9.17) is 4.74 Å². The van der Waals surface area contributed by atoms with Crippen molar-refractivity contribution in [2.24, 2.45) is 0 Å². The Hall–Kier alpha value is -1.16. The van der Waals surface area contributed by atoms with Gasteiger partial charge in [-0.25, -0.2) is 0 Å². The maximum atomic E-state index is 5.16. The molecule has 0 atom stereocenters.